The SMILES string of the molecule is COc1cncc2nc(-c3ccncc3)nc(N3CCNC(CC#N)C3)c12. The third kappa shape index (κ3) is 3.37. The van der Waals surface area contributed by atoms with Crippen molar-refractivity contribution in [3.8, 4) is 23.2 Å². The Morgan fingerprint density at radius 1 is 1.26 bits per heavy atom. The summed E-state index contributed by atoms with van der Waals surface area (Å²) in [6.45, 7) is 2.27. The summed E-state index contributed by atoms with van der Waals surface area (Å²) in [6.07, 6.45) is 7.30. The molecule has 136 valence electrons. The van der Waals surface area contributed by atoms with Crippen molar-refractivity contribution in [3.05, 3.63) is 36.9 Å². The average Bonchev–Trinajstić information content (AvgIpc) is 2.73. The number of anilines is 1. The first kappa shape index (κ1) is 17.1. The van der Waals surface area contributed by atoms with Crippen LogP contribution < -0.4 is 15.0 Å². The van der Waals surface area contributed by atoms with Crippen LogP contribution in [-0.4, -0.2) is 52.7 Å². The molecule has 0 bridgehead atoms. The third-order valence-corrected chi connectivity index (χ3v) is 4.60. The molecular weight excluding hydrogens is 342 g/mol. The molecule has 0 aromatic carbocycles. The van der Waals surface area contributed by atoms with Gasteiger partial charge in [0.1, 0.15) is 11.6 Å². The molecule has 0 amide bonds. The van der Waals surface area contributed by atoms with Crippen LogP contribution in [0.2, 0.25) is 0 Å². The van der Waals surface area contributed by atoms with Gasteiger partial charge in [-0.2, -0.15) is 5.26 Å². The minimum absolute atomic E-state index is 0.103. The van der Waals surface area contributed by atoms with Gasteiger partial charge in [0.2, 0.25) is 0 Å². The molecule has 1 fully saturated rings. The van der Waals surface area contributed by atoms with Crippen molar-refractivity contribution >= 4 is 16.7 Å². The van der Waals surface area contributed by atoms with Gasteiger partial charge in [0, 0.05) is 43.6 Å². The van der Waals surface area contributed by atoms with Crippen molar-refractivity contribution < 1.29 is 4.74 Å². The van der Waals surface area contributed by atoms with Crippen molar-refractivity contribution in [1.82, 2.24) is 25.3 Å². The number of nitrogens with one attached hydrogen (secondary N) is 1. The zero-order valence-electron chi connectivity index (χ0n) is 15.0. The number of methoxy groups -OCH3 is 1. The van der Waals surface area contributed by atoms with Gasteiger partial charge in [0.25, 0.3) is 0 Å². The van der Waals surface area contributed by atoms with Crippen molar-refractivity contribution in [2.45, 2.75) is 12.5 Å². The first-order valence-electron chi connectivity index (χ1n) is 8.75. The fraction of sp³-hybridized carbons (Fsp3) is 0.316. The van der Waals surface area contributed by atoms with Gasteiger partial charge >= 0.3 is 0 Å². The van der Waals surface area contributed by atoms with Gasteiger partial charge in [-0.1, -0.05) is 0 Å². The average molecular weight is 361 g/mol. The maximum Gasteiger partial charge on any atom is 0.162 e. The molecule has 0 aliphatic carbocycles. The van der Waals surface area contributed by atoms with E-state index in [1.165, 1.54) is 0 Å². The fourth-order valence-corrected chi connectivity index (χ4v) is 3.31. The summed E-state index contributed by atoms with van der Waals surface area (Å²) in [7, 11) is 1.62. The normalized spacial score (nSPS) is 16.9. The molecule has 1 N–H and O–H groups in total. The molecule has 8 heteroatoms. The van der Waals surface area contributed by atoms with Gasteiger partial charge in [-0.05, 0) is 12.1 Å². The maximum atomic E-state index is 9.05. The summed E-state index contributed by atoms with van der Waals surface area (Å²) in [5, 5.41) is 13.3. The molecule has 1 atom stereocenters. The number of ether oxygens (including phenoxy) is 1. The van der Waals surface area contributed by atoms with Crippen molar-refractivity contribution in [3.63, 3.8) is 0 Å². The van der Waals surface area contributed by atoms with Crippen LogP contribution in [0.5, 0.6) is 5.75 Å². The summed E-state index contributed by atoms with van der Waals surface area (Å²) >= 11 is 0. The van der Waals surface area contributed by atoms with Crippen molar-refractivity contribution in [2.24, 2.45) is 0 Å². The molecule has 3 aromatic rings. The summed E-state index contributed by atoms with van der Waals surface area (Å²) in [5.74, 6) is 2.06. The number of nitrogens with zero attached hydrogens (tertiary/aromatic N) is 6. The molecule has 3 aromatic heterocycles. The van der Waals surface area contributed by atoms with Crippen LogP contribution in [0.15, 0.2) is 36.9 Å². The molecule has 4 heterocycles. The van der Waals surface area contributed by atoms with Crippen LogP contribution in [-0.2, 0) is 0 Å². The lowest BCUT2D eigenvalue weighted by Crippen LogP contribution is -2.51. The zero-order chi connectivity index (χ0) is 18.6. The first-order chi connectivity index (χ1) is 13.3. The highest BCUT2D eigenvalue weighted by Gasteiger charge is 2.24. The molecule has 1 aliphatic rings. The van der Waals surface area contributed by atoms with Gasteiger partial charge in [-0.25, -0.2) is 9.97 Å². The summed E-state index contributed by atoms with van der Waals surface area (Å²) in [5.41, 5.74) is 1.61. The van der Waals surface area contributed by atoms with E-state index in [9.17, 15) is 0 Å². The number of aromatic nitrogens is 4. The molecule has 27 heavy (non-hydrogen) atoms. The number of hydrogen-bond donors (Lipinski definition) is 1. The molecular formula is C19H19N7O. The second kappa shape index (κ2) is 7.51. The quantitative estimate of drug-likeness (QED) is 0.751. The molecule has 8 nitrogen and oxygen atoms in total. The van der Waals surface area contributed by atoms with Crippen LogP contribution in [0.1, 0.15) is 6.42 Å². The highest BCUT2D eigenvalue weighted by atomic mass is 16.5. The predicted molar refractivity (Wildman–Crippen MR) is 101 cm³/mol. The predicted octanol–water partition coefficient (Wildman–Crippen LogP) is 1.79. The van der Waals surface area contributed by atoms with E-state index in [0.29, 0.717) is 24.5 Å². The van der Waals surface area contributed by atoms with Crippen LogP contribution in [0.4, 0.5) is 5.82 Å². The number of rotatable bonds is 4. The van der Waals surface area contributed by atoms with Crippen LogP contribution in [0, 0.1) is 11.3 Å². The Morgan fingerprint density at radius 2 is 2.11 bits per heavy atom. The van der Waals surface area contributed by atoms with Gasteiger partial charge in [-0.3, -0.25) is 9.97 Å². The van der Waals surface area contributed by atoms with Gasteiger partial charge in [0.15, 0.2) is 5.82 Å². The number of nitriles is 1. The number of hydrogen-bond acceptors (Lipinski definition) is 8. The lowest BCUT2D eigenvalue weighted by atomic mass is 10.1. The first-order valence-corrected chi connectivity index (χ1v) is 8.75. The van der Waals surface area contributed by atoms with E-state index in [-0.39, 0.29) is 6.04 Å². The number of fused-ring (bicyclic) bond motifs is 1. The Balaban J connectivity index is 1.87. The molecule has 0 radical (unpaired) electrons. The van der Waals surface area contributed by atoms with E-state index < -0.39 is 0 Å². The Labute approximate surface area is 156 Å². The van der Waals surface area contributed by atoms with E-state index in [1.807, 2.05) is 12.1 Å². The Morgan fingerprint density at radius 3 is 2.89 bits per heavy atom. The highest BCUT2D eigenvalue weighted by Crippen LogP contribution is 2.34. The lowest BCUT2D eigenvalue weighted by molar-refractivity contribution is 0.417. The standard InChI is InChI=1S/C19H19N7O/c1-27-16-11-22-10-15-17(16)19(26-9-8-23-14(12-26)2-5-20)25-18(24-15)13-3-6-21-7-4-13/h3-4,6-7,10-11,14,23H,2,8-9,12H2,1H3. The number of piperazine rings is 1. The van der Waals surface area contributed by atoms with E-state index in [0.717, 1.165) is 35.4 Å². The third-order valence-electron chi connectivity index (χ3n) is 4.60. The summed E-state index contributed by atoms with van der Waals surface area (Å²) in [4.78, 5) is 20.1. The smallest absolute Gasteiger partial charge is 0.162 e. The Bertz CT molecular complexity index is 987. The van der Waals surface area contributed by atoms with Crippen LogP contribution in [0.3, 0.4) is 0 Å². The minimum atomic E-state index is 0.103. The second-order valence-corrected chi connectivity index (χ2v) is 6.30. The fourth-order valence-electron chi connectivity index (χ4n) is 3.31. The Kier molecular flexibility index (Phi) is 4.77. The Hall–Kier alpha value is -3.31. The molecule has 1 saturated heterocycles. The molecule has 1 aliphatic heterocycles. The zero-order valence-corrected chi connectivity index (χ0v) is 15.0. The van der Waals surface area contributed by atoms with Gasteiger partial charge in [-0.15, -0.1) is 0 Å². The highest BCUT2D eigenvalue weighted by molar-refractivity contribution is 5.95. The van der Waals surface area contributed by atoms with Crippen molar-refractivity contribution in [2.75, 3.05) is 31.6 Å². The largest absolute Gasteiger partial charge is 0.494 e. The molecule has 4 rings (SSSR count). The van der Waals surface area contributed by atoms with E-state index in [4.69, 9.17) is 15.0 Å². The van der Waals surface area contributed by atoms with Crippen LogP contribution >= 0.6 is 0 Å². The van der Waals surface area contributed by atoms with Crippen molar-refractivity contribution in [1.29, 1.82) is 5.26 Å². The second-order valence-electron chi connectivity index (χ2n) is 6.30. The molecule has 1 unspecified atom stereocenters. The van der Waals surface area contributed by atoms with E-state index in [2.05, 4.69) is 31.2 Å². The van der Waals surface area contributed by atoms with E-state index >= 15 is 0 Å². The topological polar surface area (TPSA) is 99.8 Å². The lowest BCUT2D eigenvalue weighted by Gasteiger charge is -2.34. The van der Waals surface area contributed by atoms with E-state index in [1.54, 1.807) is 31.9 Å². The van der Waals surface area contributed by atoms with Gasteiger partial charge < -0.3 is 15.0 Å². The van der Waals surface area contributed by atoms with Gasteiger partial charge in [0.05, 0.1) is 42.9 Å². The maximum absolute atomic E-state index is 9.05. The summed E-state index contributed by atoms with van der Waals surface area (Å²) in [6, 6.07) is 6.11. The van der Waals surface area contributed by atoms with Crippen LogP contribution in [0.25, 0.3) is 22.3 Å². The summed E-state index contributed by atoms with van der Waals surface area (Å²) < 4.78 is 5.53. The monoisotopic (exact) mass is 361 g/mol. The minimum Gasteiger partial charge on any atom is -0.494 e. The molecule has 0 saturated carbocycles. The molecule has 0 spiro atoms. The number of pyridine rings is 2.